The van der Waals surface area contributed by atoms with Crippen molar-refractivity contribution >= 4 is 11.6 Å². The van der Waals surface area contributed by atoms with Crippen molar-refractivity contribution in [2.24, 2.45) is 0 Å². The lowest BCUT2D eigenvalue weighted by atomic mass is 9.93. The number of benzene rings is 1. The van der Waals surface area contributed by atoms with Crippen LogP contribution in [0.25, 0.3) is 5.65 Å². The quantitative estimate of drug-likeness (QED) is 0.703. The van der Waals surface area contributed by atoms with Crippen LogP contribution in [0.2, 0.25) is 0 Å². The van der Waals surface area contributed by atoms with E-state index in [1.54, 1.807) is 23.2 Å². The highest BCUT2D eigenvalue weighted by atomic mass is 16.2. The molecule has 1 aromatic carbocycles. The van der Waals surface area contributed by atoms with Crippen molar-refractivity contribution in [3.05, 3.63) is 81.9 Å². The molecular formula is C22H24N4O2. The average Bonchev–Trinajstić information content (AvgIpc) is 3.14. The number of rotatable bonds is 3. The van der Waals surface area contributed by atoms with Crippen LogP contribution in [0.5, 0.6) is 0 Å². The Hall–Kier alpha value is -2.99. The van der Waals surface area contributed by atoms with E-state index in [0.717, 1.165) is 0 Å². The van der Waals surface area contributed by atoms with Gasteiger partial charge in [-0.1, -0.05) is 35.9 Å². The van der Waals surface area contributed by atoms with Gasteiger partial charge in [-0.25, -0.2) is 4.98 Å². The third-order valence-electron chi connectivity index (χ3n) is 5.59. The summed E-state index contributed by atoms with van der Waals surface area (Å²) < 4.78 is 1.42. The largest absolute Gasteiger partial charge is 0.336 e. The fourth-order valence-electron chi connectivity index (χ4n) is 3.96. The van der Waals surface area contributed by atoms with E-state index in [4.69, 9.17) is 0 Å². The Kier molecular flexibility index (Phi) is 4.73. The molecule has 6 nitrogen and oxygen atoms in total. The zero-order chi connectivity index (χ0) is 19.8. The predicted octanol–water partition coefficient (Wildman–Crippen LogP) is 2.17. The van der Waals surface area contributed by atoms with Crippen LogP contribution in [0.15, 0.2) is 59.7 Å². The van der Waals surface area contributed by atoms with Crippen LogP contribution < -0.4 is 5.56 Å². The molecule has 0 radical (unpaired) electrons. The number of fused-ring (bicyclic) bond motifs is 1. The fourth-order valence-corrected chi connectivity index (χ4v) is 3.96. The van der Waals surface area contributed by atoms with E-state index in [9.17, 15) is 9.59 Å². The molecule has 1 amide bonds. The SMILES string of the molecule is Cc1ccc([C@@H]2CN(C(=O)c3cnc4ccccn4c3=O)C[C@H]2N(C)C)cc1. The van der Waals surface area contributed by atoms with Crippen molar-refractivity contribution in [2.75, 3.05) is 27.2 Å². The van der Waals surface area contributed by atoms with E-state index in [1.165, 1.54) is 21.7 Å². The fraction of sp³-hybridized carbons (Fsp3) is 0.318. The van der Waals surface area contributed by atoms with Gasteiger partial charge in [-0.05, 0) is 38.7 Å². The number of likely N-dealkylation sites (N-methyl/N-ethyl adjacent to an activating group) is 1. The van der Waals surface area contributed by atoms with Crippen molar-refractivity contribution in [2.45, 2.75) is 18.9 Å². The molecular weight excluding hydrogens is 352 g/mol. The van der Waals surface area contributed by atoms with E-state index >= 15 is 0 Å². The number of aryl methyl sites for hydroxylation is 1. The van der Waals surface area contributed by atoms with Crippen LogP contribution in [0.1, 0.15) is 27.4 Å². The van der Waals surface area contributed by atoms with Crippen LogP contribution in [-0.4, -0.2) is 58.3 Å². The number of likely N-dealkylation sites (tertiary alicyclic amines) is 1. The van der Waals surface area contributed by atoms with Gasteiger partial charge >= 0.3 is 0 Å². The summed E-state index contributed by atoms with van der Waals surface area (Å²) in [4.78, 5) is 34.2. The molecule has 0 aliphatic carbocycles. The zero-order valence-electron chi connectivity index (χ0n) is 16.4. The smallest absolute Gasteiger partial charge is 0.270 e. The third-order valence-corrected chi connectivity index (χ3v) is 5.59. The molecule has 6 heteroatoms. The van der Waals surface area contributed by atoms with Gasteiger partial charge in [-0.3, -0.25) is 14.0 Å². The summed E-state index contributed by atoms with van der Waals surface area (Å²) in [5.74, 6) is -0.0482. The number of aromatic nitrogens is 2. The van der Waals surface area contributed by atoms with Gasteiger partial charge in [0.15, 0.2) is 0 Å². The summed E-state index contributed by atoms with van der Waals surface area (Å²) in [6.45, 7) is 3.24. The Bertz CT molecular complexity index is 1070. The second kappa shape index (κ2) is 7.20. The second-order valence-corrected chi connectivity index (χ2v) is 7.66. The maximum absolute atomic E-state index is 13.2. The molecule has 0 N–H and O–H groups in total. The number of carbonyl (C=O) groups is 1. The van der Waals surface area contributed by atoms with Crippen LogP contribution >= 0.6 is 0 Å². The van der Waals surface area contributed by atoms with Crippen molar-refractivity contribution in [3.63, 3.8) is 0 Å². The Balaban J connectivity index is 1.66. The Labute approximate surface area is 164 Å². The summed E-state index contributed by atoms with van der Waals surface area (Å²) in [5.41, 5.74) is 2.76. The van der Waals surface area contributed by atoms with Crippen LogP contribution in [0, 0.1) is 6.92 Å². The summed E-state index contributed by atoms with van der Waals surface area (Å²) >= 11 is 0. The minimum Gasteiger partial charge on any atom is -0.336 e. The molecule has 1 aliphatic heterocycles. The minimum absolute atomic E-state index is 0.116. The van der Waals surface area contributed by atoms with Crippen molar-refractivity contribution < 1.29 is 4.79 Å². The van der Waals surface area contributed by atoms with Gasteiger partial charge < -0.3 is 9.80 Å². The molecule has 0 saturated carbocycles. The molecule has 1 saturated heterocycles. The lowest BCUT2D eigenvalue weighted by molar-refractivity contribution is 0.0780. The second-order valence-electron chi connectivity index (χ2n) is 7.66. The predicted molar refractivity (Wildman–Crippen MR) is 109 cm³/mol. The first kappa shape index (κ1) is 18.4. The average molecular weight is 376 g/mol. The molecule has 28 heavy (non-hydrogen) atoms. The highest BCUT2D eigenvalue weighted by Gasteiger charge is 2.38. The number of hydrogen-bond donors (Lipinski definition) is 0. The lowest BCUT2D eigenvalue weighted by Crippen LogP contribution is -2.37. The van der Waals surface area contributed by atoms with Crippen LogP contribution in [0.3, 0.4) is 0 Å². The van der Waals surface area contributed by atoms with Gasteiger partial charge in [-0.15, -0.1) is 0 Å². The summed E-state index contributed by atoms with van der Waals surface area (Å²) in [5, 5.41) is 0. The maximum Gasteiger partial charge on any atom is 0.270 e. The molecule has 2 atom stereocenters. The van der Waals surface area contributed by atoms with Gasteiger partial charge in [0.05, 0.1) is 0 Å². The molecule has 0 bridgehead atoms. The van der Waals surface area contributed by atoms with Gasteiger partial charge in [-0.2, -0.15) is 0 Å². The maximum atomic E-state index is 13.2. The first-order chi connectivity index (χ1) is 13.5. The summed E-state index contributed by atoms with van der Waals surface area (Å²) in [6, 6.07) is 14.0. The van der Waals surface area contributed by atoms with Gasteiger partial charge in [0.1, 0.15) is 11.2 Å². The molecule has 0 unspecified atom stereocenters. The van der Waals surface area contributed by atoms with Crippen molar-refractivity contribution in [1.82, 2.24) is 19.2 Å². The highest BCUT2D eigenvalue weighted by Crippen LogP contribution is 2.31. The first-order valence-corrected chi connectivity index (χ1v) is 9.44. The van der Waals surface area contributed by atoms with E-state index < -0.39 is 0 Å². The number of nitrogens with zero attached hydrogens (tertiary/aromatic N) is 4. The Morgan fingerprint density at radius 1 is 1.11 bits per heavy atom. The number of hydrogen-bond acceptors (Lipinski definition) is 4. The lowest BCUT2D eigenvalue weighted by Gasteiger charge is -2.25. The zero-order valence-corrected chi connectivity index (χ0v) is 16.4. The van der Waals surface area contributed by atoms with Crippen LogP contribution in [-0.2, 0) is 0 Å². The Morgan fingerprint density at radius 3 is 2.57 bits per heavy atom. The summed E-state index contributed by atoms with van der Waals surface area (Å²) in [6.07, 6.45) is 3.05. The normalized spacial score (nSPS) is 19.5. The van der Waals surface area contributed by atoms with E-state index in [2.05, 4.69) is 41.1 Å². The monoisotopic (exact) mass is 376 g/mol. The van der Waals surface area contributed by atoms with Gasteiger partial charge in [0, 0.05) is 37.4 Å². The number of amides is 1. The van der Waals surface area contributed by atoms with E-state index in [-0.39, 0.29) is 29.0 Å². The van der Waals surface area contributed by atoms with E-state index in [0.29, 0.717) is 18.7 Å². The van der Waals surface area contributed by atoms with Gasteiger partial charge in [0.25, 0.3) is 11.5 Å². The topological polar surface area (TPSA) is 57.9 Å². The molecule has 144 valence electrons. The molecule has 1 aliphatic rings. The molecule has 0 spiro atoms. The number of pyridine rings is 1. The summed E-state index contributed by atoms with van der Waals surface area (Å²) in [7, 11) is 4.07. The van der Waals surface area contributed by atoms with Crippen LogP contribution in [0.4, 0.5) is 0 Å². The van der Waals surface area contributed by atoms with Gasteiger partial charge in [0.2, 0.25) is 0 Å². The number of carbonyl (C=O) groups excluding carboxylic acids is 1. The van der Waals surface area contributed by atoms with Crippen molar-refractivity contribution in [3.8, 4) is 0 Å². The minimum atomic E-state index is -0.323. The molecule has 4 rings (SSSR count). The highest BCUT2D eigenvalue weighted by molar-refractivity contribution is 5.94. The first-order valence-electron chi connectivity index (χ1n) is 9.44. The van der Waals surface area contributed by atoms with Crippen molar-refractivity contribution in [1.29, 1.82) is 0 Å². The molecule has 3 heterocycles. The Morgan fingerprint density at radius 2 is 1.86 bits per heavy atom. The standard InChI is InChI=1S/C22H24N4O2/c1-15-7-9-16(10-8-15)18-13-25(14-19(18)24(2)3)21(27)17-12-23-20-6-4-5-11-26(20)22(17)28/h4-12,18-19H,13-14H2,1-3H3/t18-,19+/m0/s1. The third kappa shape index (κ3) is 3.20. The molecule has 1 fully saturated rings. The van der Waals surface area contributed by atoms with E-state index in [1.807, 2.05) is 20.2 Å². The molecule has 3 aromatic rings. The molecule has 2 aromatic heterocycles.